The zero-order chi connectivity index (χ0) is 17.7. The van der Waals surface area contributed by atoms with Crippen LogP contribution in [0.25, 0.3) is 26.4 Å². The minimum Gasteiger partial charge on any atom is -0.399 e. The van der Waals surface area contributed by atoms with Crippen LogP contribution >= 0.6 is 11.3 Å². The highest BCUT2D eigenvalue weighted by molar-refractivity contribution is 7.23. The molecule has 26 heavy (non-hydrogen) atoms. The molecular formula is C20H21N5S. The normalized spacial score (nSPS) is 16.0. The topological polar surface area (TPSA) is 49.8 Å². The van der Waals surface area contributed by atoms with Gasteiger partial charge in [0, 0.05) is 49.3 Å². The molecule has 4 aromatic rings. The van der Waals surface area contributed by atoms with Crippen molar-refractivity contribution in [1.29, 1.82) is 0 Å². The molecule has 0 saturated carbocycles. The molecule has 5 rings (SSSR count). The Balaban J connectivity index is 1.51. The van der Waals surface area contributed by atoms with Gasteiger partial charge in [-0.25, -0.2) is 4.98 Å². The minimum absolute atomic E-state index is 0.775. The SMILES string of the molecule is CN1CCN(c2ccc3c(c2)sc2nc(-c4ccc(N)cc4)cn23)CC1. The summed E-state index contributed by atoms with van der Waals surface area (Å²) in [7, 11) is 2.19. The Morgan fingerprint density at radius 1 is 1.00 bits per heavy atom. The summed E-state index contributed by atoms with van der Waals surface area (Å²) in [6, 6.07) is 14.7. The van der Waals surface area contributed by atoms with Crippen LogP contribution in [-0.2, 0) is 0 Å². The third-order valence-corrected chi connectivity index (χ3v) is 6.17. The number of hydrogen-bond donors (Lipinski definition) is 1. The number of hydrogen-bond acceptors (Lipinski definition) is 5. The number of piperazine rings is 1. The lowest BCUT2D eigenvalue weighted by Crippen LogP contribution is -2.44. The predicted molar refractivity (Wildman–Crippen MR) is 110 cm³/mol. The van der Waals surface area contributed by atoms with Crippen molar-refractivity contribution in [3.8, 4) is 11.3 Å². The molecule has 0 aliphatic carbocycles. The maximum atomic E-state index is 5.79. The first-order valence-electron chi connectivity index (χ1n) is 8.88. The third kappa shape index (κ3) is 2.62. The Hall–Kier alpha value is -2.57. The number of nitrogen functional groups attached to an aromatic ring is 1. The number of fused-ring (bicyclic) bond motifs is 3. The van der Waals surface area contributed by atoms with Gasteiger partial charge in [0.05, 0.1) is 15.9 Å². The fourth-order valence-corrected chi connectivity index (χ4v) is 4.58. The maximum absolute atomic E-state index is 5.79. The Labute approximate surface area is 156 Å². The molecule has 0 bridgehead atoms. The van der Waals surface area contributed by atoms with Crippen LogP contribution in [0.5, 0.6) is 0 Å². The zero-order valence-electron chi connectivity index (χ0n) is 14.7. The van der Waals surface area contributed by atoms with Crippen LogP contribution in [0.1, 0.15) is 0 Å². The van der Waals surface area contributed by atoms with Gasteiger partial charge in [-0.15, -0.1) is 0 Å². The van der Waals surface area contributed by atoms with Gasteiger partial charge in [-0.1, -0.05) is 23.5 Å². The van der Waals surface area contributed by atoms with Gasteiger partial charge in [-0.05, 0) is 37.4 Å². The van der Waals surface area contributed by atoms with Crippen LogP contribution in [0.4, 0.5) is 11.4 Å². The first-order chi connectivity index (χ1) is 12.7. The molecule has 0 amide bonds. The molecular weight excluding hydrogens is 342 g/mol. The second-order valence-corrected chi connectivity index (χ2v) is 7.95. The van der Waals surface area contributed by atoms with E-state index in [1.54, 1.807) is 11.3 Å². The van der Waals surface area contributed by atoms with E-state index in [1.807, 2.05) is 24.3 Å². The van der Waals surface area contributed by atoms with Gasteiger partial charge in [0.1, 0.15) is 0 Å². The van der Waals surface area contributed by atoms with Crippen molar-refractivity contribution < 1.29 is 0 Å². The van der Waals surface area contributed by atoms with Gasteiger partial charge in [0.2, 0.25) is 0 Å². The molecule has 0 spiro atoms. The van der Waals surface area contributed by atoms with E-state index < -0.39 is 0 Å². The van der Waals surface area contributed by atoms with Gasteiger partial charge in [0.25, 0.3) is 0 Å². The van der Waals surface area contributed by atoms with Gasteiger partial charge >= 0.3 is 0 Å². The summed E-state index contributed by atoms with van der Waals surface area (Å²) in [4.78, 5) is 10.7. The van der Waals surface area contributed by atoms with E-state index >= 15 is 0 Å². The fourth-order valence-electron chi connectivity index (χ4n) is 3.54. The molecule has 2 N–H and O–H groups in total. The van der Waals surface area contributed by atoms with Crippen molar-refractivity contribution in [1.82, 2.24) is 14.3 Å². The largest absolute Gasteiger partial charge is 0.399 e. The Morgan fingerprint density at radius 3 is 2.54 bits per heavy atom. The number of likely N-dealkylation sites (N-methyl/N-ethyl adjacent to an activating group) is 1. The van der Waals surface area contributed by atoms with E-state index in [1.165, 1.54) is 15.9 Å². The van der Waals surface area contributed by atoms with Crippen LogP contribution in [-0.4, -0.2) is 47.5 Å². The molecule has 1 saturated heterocycles. The molecule has 1 aliphatic rings. The fraction of sp³-hybridized carbons (Fsp3) is 0.250. The number of nitrogens with two attached hydrogens (primary N) is 1. The number of nitrogens with zero attached hydrogens (tertiary/aromatic N) is 4. The number of thiazole rings is 1. The molecule has 0 unspecified atom stereocenters. The van der Waals surface area contributed by atoms with Gasteiger partial charge in [-0.2, -0.15) is 0 Å². The third-order valence-electron chi connectivity index (χ3n) is 5.15. The molecule has 3 heterocycles. The quantitative estimate of drug-likeness (QED) is 0.553. The average molecular weight is 363 g/mol. The molecule has 132 valence electrons. The number of benzene rings is 2. The highest BCUT2D eigenvalue weighted by Crippen LogP contribution is 2.32. The van der Waals surface area contributed by atoms with E-state index in [0.29, 0.717) is 0 Å². The highest BCUT2D eigenvalue weighted by atomic mass is 32.1. The van der Waals surface area contributed by atoms with Gasteiger partial charge in [-0.3, -0.25) is 4.40 Å². The van der Waals surface area contributed by atoms with Crippen LogP contribution in [0.2, 0.25) is 0 Å². The molecule has 0 atom stereocenters. The lowest BCUT2D eigenvalue weighted by molar-refractivity contribution is 0.313. The Bertz CT molecular complexity index is 1070. The number of anilines is 2. The van der Waals surface area contributed by atoms with E-state index in [2.05, 4.69) is 45.6 Å². The second kappa shape index (κ2) is 6.00. The first-order valence-corrected chi connectivity index (χ1v) is 9.70. The summed E-state index contributed by atoms with van der Waals surface area (Å²) in [5.74, 6) is 0. The van der Waals surface area contributed by atoms with Gasteiger partial charge < -0.3 is 15.5 Å². The van der Waals surface area contributed by atoms with E-state index in [4.69, 9.17) is 10.7 Å². The Morgan fingerprint density at radius 2 is 1.77 bits per heavy atom. The molecule has 2 aromatic heterocycles. The van der Waals surface area contributed by atoms with Crippen LogP contribution in [0.15, 0.2) is 48.7 Å². The maximum Gasteiger partial charge on any atom is 0.195 e. The van der Waals surface area contributed by atoms with E-state index in [0.717, 1.165) is 48.1 Å². The number of rotatable bonds is 2. The predicted octanol–water partition coefficient (Wildman–Crippen LogP) is 3.55. The summed E-state index contributed by atoms with van der Waals surface area (Å²) < 4.78 is 3.48. The van der Waals surface area contributed by atoms with E-state index in [-0.39, 0.29) is 0 Å². The number of imidazole rings is 1. The zero-order valence-corrected chi connectivity index (χ0v) is 15.5. The van der Waals surface area contributed by atoms with Crippen LogP contribution in [0.3, 0.4) is 0 Å². The lowest BCUT2D eigenvalue weighted by Gasteiger charge is -2.34. The Kier molecular flexibility index (Phi) is 3.62. The smallest absolute Gasteiger partial charge is 0.195 e. The van der Waals surface area contributed by atoms with Gasteiger partial charge in [0.15, 0.2) is 4.96 Å². The highest BCUT2D eigenvalue weighted by Gasteiger charge is 2.16. The molecule has 1 fully saturated rings. The second-order valence-electron chi connectivity index (χ2n) is 6.95. The standard InChI is InChI=1S/C20H21N5S/c1-23-8-10-24(11-9-23)16-6-7-18-19(12-16)26-20-22-17(13-25(18)20)14-2-4-15(21)5-3-14/h2-7,12-13H,8-11,21H2,1H3. The average Bonchev–Trinajstić information content (AvgIpc) is 3.20. The summed E-state index contributed by atoms with van der Waals surface area (Å²) in [6.45, 7) is 4.42. The molecule has 0 radical (unpaired) electrons. The van der Waals surface area contributed by atoms with Crippen LogP contribution in [0, 0.1) is 0 Å². The molecule has 1 aliphatic heterocycles. The summed E-state index contributed by atoms with van der Waals surface area (Å²) >= 11 is 1.75. The number of aromatic nitrogens is 2. The van der Waals surface area contributed by atoms with Crippen molar-refractivity contribution >= 4 is 37.9 Å². The van der Waals surface area contributed by atoms with E-state index in [9.17, 15) is 0 Å². The molecule has 5 nitrogen and oxygen atoms in total. The molecule has 2 aromatic carbocycles. The van der Waals surface area contributed by atoms with Crippen molar-refractivity contribution in [2.45, 2.75) is 0 Å². The first kappa shape index (κ1) is 15.7. The van der Waals surface area contributed by atoms with Crippen molar-refractivity contribution in [3.63, 3.8) is 0 Å². The van der Waals surface area contributed by atoms with Crippen molar-refractivity contribution in [2.24, 2.45) is 0 Å². The monoisotopic (exact) mass is 363 g/mol. The van der Waals surface area contributed by atoms with Crippen molar-refractivity contribution in [3.05, 3.63) is 48.7 Å². The summed E-state index contributed by atoms with van der Waals surface area (Å²) in [5.41, 5.74) is 11.2. The van der Waals surface area contributed by atoms with Crippen LogP contribution < -0.4 is 10.6 Å². The summed E-state index contributed by atoms with van der Waals surface area (Å²) in [6.07, 6.45) is 2.12. The lowest BCUT2D eigenvalue weighted by atomic mass is 10.1. The minimum atomic E-state index is 0.775. The molecule has 6 heteroatoms. The summed E-state index contributed by atoms with van der Waals surface area (Å²) in [5, 5.41) is 0. The van der Waals surface area contributed by atoms with Crippen molar-refractivity contribution in [2.75, 3.05) is 43.9 Å².